The normalized spacial score (nSPS) is 14.9. The van der Waals surface area contributed by atoms with Crippen molar-refractivity contribution in [3.63, 3.8) is 0 Å². The van der Waals surface area contributed by atoms with Gasteiger partial charge in [0.2, 0.25) is 5.82 Å². The first-order chi connectivity index (χ1) is 7.58. The number of anilines is 1. The number of nitrogens with one attached hydrogen (secondary N) is 1. The number of hydrogen-bond acceptors (Lipinski definition) is 4. The van der Waals surface area contributed by atoms with Crippen molar-refractivity contribution in [1.29, 1.82) is 0 Å². The zero-order valence-electron chi connectivity index (χ0n) is 8.86. The lowest BCUT2D eigenvalue weighted by atomic mass is 10.2. The number of hydrogen-bond donors (Lipinski definition) is 1. The van der Waals surface area contributed by atoms with Gasteiger partial charge >= 0.3 is 5.69 Å². The van der Waals surface area contributed by atoms with E-state index in [0.717, 1.165) is 6.54 Å². The van der Waals surface area contributed by atoms with Gasteiger partial charge in [-0.1, -0.05) is 11.6 Å². The molecule has 0 atom stereocenters. The van der Waals surface area contributed by atoms with Crippen molar-refractivity contribution < 1.29 is 4.92 Å². The van der Waals surface area contributed by atoms with E-state index in [1.54, 1.807) is 6.92 Å². The Bertz CT molecular complexity index is 432. The van der Waals surface area contributed by atoms with Crippen LogP contribution in [0, 0.1) is 23.0 Å². The first-order valence-electron chi connectivity index (χ1n) is 5.13. The van der Waals surface area contributed by atoms with Crippen LogP contribution in [-0.2, 0) is 0 Å². The van der Waals surface area contributed by atoms with E-state index in [1.165, 1.54) is 18.9 Å². The molecule has 0 radical (unpaired) electrons. The summed E-state index contributed by atoms with van der Waals surface area (Å²) < 4.78 is 0. The second-order valence-corrected chi connectivity index (χ2v) is 4.43. The van der Waals surface area contributed by atoms with Crippen LogP contribution < -0.4 is 5.32 Å². The molecule has 2 rings (SSSR count). The number of halogens is 1. The molecule has 16 heavy (non-hydrogen) atoms. The van der Waals surface area contributed by atoms with Crippen LogP contribution >= 0.6 is 11.6 Å². The van der Waals surface area contributed by atoms with E-state index >= 15 is 0 Å². The molecular weight excluding hydrogens is 230 g/mol. The summed E-state index contributed by atoms with van der Waals surface area (Å²) in [5.74, 6) is 0.905. The van der Waals surface area contributed by atoms with E-state index in [9.17, 15) is 10.1 Å². The molecule has 0 unspecified atom stereocenters. The Morgan fingerprint density at radius 3 is 2.94 bits per heavy atom. The Morgan fingerprint density at radius 2 is 2.38 bits per heavy atom. The summed E-state index contributed by atoms with van der Waals surface area (Å²) in [6, 6.07) is 1.50. The maximum atomic E-state index is 10.9. The average molecular weight is 242 g/mol. The summed E-state index contributed by atoms with van der Waals surface area (Å²) >= 11 is 5.78. The highest BCUT2D eigenvalue weighted by Gasteiger charge is 2.24. The largest absolute Gasteiger partial charge is 0.364 e. The maximum Gasteiger partial charge on any atom is 0.314 e. The molecule has 1 aromatic rings. The zero-order chi connectivity index (χ0) is 11.7. The first kappa shape index (κ1) is 11.1. The van der Waals surface area contributed by atoms with E-state index < -0.39 is 4.92 Å². The van der Waals surface area contributed by atoms with E-state index in [2.05, 4.69) is 10.3 Å². The van der Waals surface area contributed by atoms with Crippen molar-refractivity contribution in [1.82, 2.24) is 4.98 Å². The van der Waals surface area contributed by atoms with E-state index in [4.69, 9.17) is 11.6 Å². The Balaban J connectivity index is 2.27. The van der Waals surface area contributed by atoms with Crippen molar-refractivity contribution in [2.75, 3.05) is 11.9 Å². The lowest BCUT2D eigenvalue weighted by molar-refractivity contribution is -0.384. The Kier molecular flexibility index (Phi) is 2.96. The van der Waals surface area contributed by atoms with Crippen LogP contribution in [0.2, 0.25) is 5.15 Å². The maximum absolute atomic E-state index is 10.9. The van der Waals surface area contributed by atoms with E-state index in [0.29, 0.717) is 11.5 Å². The highest BCUT2D eigenvalue weighted by molar-refractivity contribution is 6.29. The van der Waals surface area contributed by atoms with Gasteiger partial charge in [0, 0.05) is 12.1 Å². The lowest BCUT2D eigenvalue weighted by Crippen LogP contribution is -2.08. The SMILES string of the molecule is Cc1cc(Cl)nc(NCC2CC2)c1[N+](=O)[O-]. The summed E-state index contributed by atoms with van der Waals surface area (Å²) in [4.78, 5) is 14.4. The first-order valence-corrected chi connectivity index (χ1v) is 5.51. The van der Waals surface area contributed by atoms with Crippen LogP contribution in [0.15, 0.2) is 6.07 Å². The number of nitrogens with zero attached hydrogens (tertiary/aromatic N) is 2. The Labute approximate surface area is 98.0 Å². The summed E-state index contributed by atoms with van der Waals surface area (Å²) in [7, 11) is 0. The molecule has 0 saturated heterocycles. The number of pyridine rings is 1. The molecule has 1 saturated carbocycles. The molecule has 0 aliphatic heterocycles. The van der Waals surface area contributed by atoms with Crippen LogP contribution in [0.25, 0.3) is 0 Å². The Morgan fingerprint density at radius 1 is 1.69 bits per heavy atom. The van der Waals surface area contributed by atoms with E-state index in [1.807, 2.05) is 0 Å². The fourth-order valence-corrected chi connectivity index (χ4v) is 1.79. The number of aromatic nitrogens is 1. The third kappa shape index (κ3) is 2.41. The minimum atomic E-state index is -0.423. The van der Waals surface area contributed by atoms with Gasteiger partial charge in [-0.05, 0) is 31.7 Å². The molecule has 1 aliphatic carbocycles. The van der Waals surface area contributed by atoms with Crippen LogP contribution in [0.4, 0.5) is 11.5 Å². The van der Waals surface area contributed by atoms with Gasteiger partial charge in [0.05, 0.1) is 4.92 Å². The third-order valence-electron chi connectivity index (χ3n) is 2.59. The van der Waals surface area contributed by atoms with Crippen molar-refractivity contribution in [3.05, 3.63) is 26.9 Å². The molecule has 1 aliphatic rings. The predicted octanol–water partition coefficient (Wildman–Crippen LogP) is 2.77. The molecule has 1 N–H and O–H groups in total. The Hall–Kier alpha value is -1.36. The van der Waals surface area contributed by atoms with Gasteiger partial charge in [0.1, 0.15) is 5.15 Å². The summed E-state index contributed by atoms with van der Waals surface area (Å²) in [6.07, 6.45) is 2.36. The molecule has 1 heterocycles. The van der Waals surface area contributed by atoms with Gasteiger partial charge < -0.3 is 5.32 Å². The zero-order valence-corrected chi connectivity index (χ0v) is 9.62. The summed E-state index contributed by atoms with van der Waals surface area (Å²) in [6.45, 7) is 2.39. The van der Waals surface area contributed by atoms with Crippen molar-refractivity contribution in [3.8, 4) is 0 Å². The van der Waals surface area contributed by atoms with Crippen LogP contribution in [0.5, 0.6) is 0 Å². The number of nitro groups is 1. The molecule has 1 fully saturated rings. The molecule has 0 spiro atoms. The third-order valence-corrected chi connectivity index (χ3v) is 2.78. The monoisotopic (exact) mass is 241 g/mol. The van der Waals surface area contributed by atoms with Crippen molar-refractivity contribution in [2.24, 2.45) is 5.92 Å². The van der Waals surface area contributed by atoms with Gasteiger partial charge in [-0.2, -0.15) is 0 Å². The molecule has 0 amide bonds. The second kappa shape index (κ2) is 4.25. The molecule has 5 nitrogen and oxygen atoms in total. The number of rotatable bonds is 4. The molecule has 1 aromatic heterocycles. The minimum Gasteiger partial charge on any atom is -0.364 e. The standard InChI is InChI=1S/C10H12ClN3O2/c1-6-4-8(11)13-10(9(6)14(15)16)12-5-7-2-3-7/h4,7H,2-3,5H2,1H3,(H,12,13). The number of aryl methyl sites for hydroxylation is 1. The van der Waals surface area contributed by atoms with Crippen molar-refractivity contribution >= 4 is 23.1 Å². The van der Waals surface area contributed by atoms with Crippen LogP contribution in [0.1, 0.15) is 18.4 Å². The highest BCUT2D eigenvalue weighted by Crippen LogP contribution is 2.32. The molecular formula is C10H12ClN3O2. The molecule has 86 valence electrons. The average Bonchev–Trinajstić information content (AvgIpc) is 2.95. The van der Waals surface area contributed by atoms with E-state index in [-0.39, 0.29) is 16.7 Å². The van der Waals surface area contributed by atoms with Gasteiger partial charge in [0.25, 0.3) is 0 Å². The van der Waals surface area contributed by atoms with Gasteiger partial charge in [0.15, 0.2) is 0 Å². The fourth-order valence-electron chi connectivity index (χ4n) is 1.54. The van der Waals surface area contributed by atoms with Gasteiger partial charge in [-0.25, -0.2) is 4.98 Å². The van der Waals surface area contributed by atoms with Crippen molar-refractivity contribution in [2.45, 2.75) is 19.8 Å². The van der Waals surface area contributed by atoms with Gasteiger partial charge in [-0.15, -0.1) is 0 Å². The van der Waals surface area contributed by atoms with Gasteiger partial charge in [-0.3, -0.25) is 10.1 Å². The second-order valence-electron chi connectivity index (χ2n) is 4.04. The quantitative estimate of drug-likeness (QED) is 0.500. The lowest BCUT2D eigenvalue weighted by Gasteiger charge is -2.07. The van der Waals surface area contributed by atoms with Crippen LogP contribution in [0.3, 0.4) is 0 Å². The minimum absolute atomic E-state index is 0.0186. The molecule has 6 heteroatoms. The summed E-state index contributed by atoms with van der Waals surface area (Å²) in [5, 5.41) is 14.2. The molecule has 0 bridgehead atoms. The fraction of sp³-hybridized carbons (Fsp3) is 0.500. The predicted molar refractivity (Wildman–Crippen MR) is 61.9 cm³/mol. The molecule has 0 aromatic carbocycles. The topological polar surface area (TPSA) is 68.1 Å². The van der Waals surface area contributed by atoms with Crippen LogP contribution in [-0.4, -0.2) is 16.5 Å². The summed E-state index contributed by atoms with van der Waals surface area (Å²) in [5.41, 5.74) is 0.549. The highest BCUT2D eigenvalue weighted by atomic mass is 35.5. The smallest absolute Gasteiger partial charge is 0.314 e.